The molecule has 0 aliphatic carbocycles. The summed E-state index contributed by atoms with van der Waals surface area (Å²) in [6, 6.07) is 9.71. The van der Waals surface area contributed by atoms with Crippen LogP contribution in [0, 0.1) is 6.92 Å². The van der Waals surface area contributed by atoms with Crippen LogP contribution in [0.3, 0.4) is 0 Å². The monoisotopic (exact) mass is 303 g/mol. The molecule has 2 rings (SSSR count). The van der Waals surface area contributed by atoms with Gasteiger partial charge in [-0.2, -0.15) is 0 Å². The van der Waals surface area contributed by atoms with Crippen molar-refractivity contribution in [3.63, 3.8) is 0 Å². The molecule has 0 amide bonds. The lowest BCUT2D eigenvalue weighted by atomic mass is 10.0. The zero-order valence-corrected chi connectivity index (χ0v) is 14.6. The normalized spacial score (nSPS) is 17.8. The molecule has 1 heterocycles. The number of aryl methyl sites for hydroxylation is 1. The lowest BCUT2D eigenvalue weighted by molar-refractivity contribution is 0.129. The van der Waals surface area contributed by atoms with Gasteiger partial charge < -0.3 is 5.32 Å². The van der Waals surface area contributed by atoms with Crippen LogP contribution in [0.1, 0.15) is 43.9 Å². The van der Waals surface area contributed by atoms with Crippen molar-refractivity contribution in [3.05, 3.63) is 35.4 Å². The average Bonchev–Trinajstić information content (AvgIpc) is 2.54. The molecule has 1 fully saturated rings. The molecular weight excluding hydrogens is 270 g/mol. The number of piperazine rings is 1. The minimum Gasteiger partial charge on any atom is -0.314 e. The second-order valence-electron chi connectivity index (χ2n) is 6.51. The second kappa shape index (κ2) is 9.29. The maximum Gasteiger partial charge on any atom is 0.0475 e. The van der Waals surface area contributed by atoms with Crippen molar-refractivity contribution in [3.8, 4) is 0 Å². The van der Waals surface area contributed by atoms with Gasteiger partial charge in [-0.25, -0.2) is 0 Å². The molecule has 0 aromatic heterocycles. The van der Waals surface area contributed by atoms with E-state index in [0.29, 0.717) is 6.04 Å². The Hall–Kier alpha value is -0.900. The maximum atomic E-state index is 3.46. The summed E-state index contributed by atoms with van der Waals surface area (Å²) in [4.78, 5) is 5.31. The van der Waals surface area contributed by atoms with E-state index in [1.807, 2.05) is 0 Å². The summed E-state index contributed by atoms with van der Waals surface area (Å²) in [5.74, 6) is 0. The molecule has 1 atom stereocenters. The molecule has 3 nitrogen and oxygen atoms in total. The lowest BCUT2D eigenvalue weighted by Crippen LogP contribution is -2.47. The summed E-state index contributed by atoms with van der Waals surface area (Å²) < 4.78 is 0. The van der Waals surface area contributed by atoms with Crippen molar-refractivity contribution in [1.82, 2.24) is 15.1 Å². The lowest BCUT2D eigenvalue weighted by Gasteiger charge is -2.37. The van der Waals surface area contributed by atoms with Crippen molar-refractivity contribution in [2.75, 3.05) is 45.8 Å². The zero-order valence-electron chi connectivity index (χ0n) is 14.6. The smallest absolute Gasteiger partial charge is 0.0475 e. The van der Waals surface area contributed by atoms with Crippen molar-refractivity contribution >= 4 is 0 Å². The molecule has 1 aliphatic heterocycles. The van der Waals surface area contributed by atoms with E-state index in [2.05, 4.69) is 60.2 Å². The topological polar surface area (TPSA) is 18.5 Å². The van der Waals surface area contributed by atoms with Gasteiger partial charge in [0.25, 0.3) is 0 Å². The van der Waals surface area contributed by atoms with Crippen LogP contribution in [-0.4, -0.2) is 55.6 Å². The molecular formula is C19H33N3. The van der Waals surface area contributed by atoms with Gasteiger partial charge in [-0.1, -0.05) is 43.7 Å². The third kappa shape index (κ3) is 5.08. The van der Waals surface area contributed by atoms with Crippen LogP contribution in [-0.2, 0) is 0 Å². The molecule has 1 unspecified atom stereocenters. The van der Waals surface area contributed by atoms with E-state index < -0.39 is 0 Å². The summed E-state index contributed by atoms with van der Waals surface area (Å²) in [7, 11) is 0. The fourth-order valence-electron chi connectivity index (χ4n) is 3.36. The fraction of sp³-hybridized carbons (Fsp3) is 0.684. The first kappa shape index (κ1) is 17.5. The highest BCUT2D eigenvalue weighted by atomic mass is 15.2. The molecule has 3 heteroatoms. The van der Waals surface area contributed by atoms with E-state index in [9.17, 15) is 0 Å². The number of rotatable bonds is 8. The number of benzene rings is 1. The summed E-state index contributed by atoms with van der Waals surface area (Å²) in [6.07, 6.45) is 2.45. The van der Waals surface area contributed by atoms with Crippen molar-refractivity contribution in [2.24, 2.45) is 0 Å². The molecule has 1 aliphatic rings. The molecule has 1 aromatic carbocycles. The first-order chi connectivity index (χ1) is 10.7. The largest absolute Gasteiger partial charge is 0.314 e. The van der Waals surface area contributed by atoms with Crippen molar-refractivity contribution < 1.29 is 0 Å². The summed E-state index contributed by atoms with van der Waals surface area (Å²) in [6.45, 7) is 14.9. The van der Waals surface area contributed by atoms with E-state index in [0.717, 1.165) is 19.6 Å². The molecule has 1 N–H and O–H groups in total. The van der Waals surface area contributed by atoms with Crippen LogP contribution in [0.5, 0.6) is 0 Å². The number of hydrogen-bond acceptors (Lipinski definition) is 3. The summed E-state index contributed by atoms with van der Waals surface area (Å²) in [5, 5.41) is 3.46. The Kier molecular flexibility index (Phi) is 7.37. The minimum atomic E-state index is 0.526. The van der Waals surface area contributed by atoms with E-state index >= 15 is 0 Å². The summed E-state index contributed by atoms with van der Waals surface area (Å²) >= 11 is 0. The van der Waals surface area contributed by atoms with Gasteiger partial charge in [0.1, 0.15) is 0 Å². The highest BCUT2D eigenvalue weighted by molar-refractivity contribution is 5.24. The van der Waals surface area contributed by atoms with E-state index in [1.54, 1.807) is 0 Å². The Morgan fingerprint density at radius 1 is 1.05 bits per heavy atom. The van der Waals surface area contributed by atoms with Crippen LogP contribution in [0.25, 0.3) is 0 Å². The summed E-state index contributed by atoms with van der Waals surface area (Å²) in [5.41, 5.74) is 2.83. The average molecular weight is 303 g/mol. The van der Waals surface area contributed by atoms with Gasteiger partial charge in [-0.3, -0.25) is 9.80 Å². The van der Waals surface area contributed by atoms with Crippen molar-refractivity contribution in [2.45, 2.75) is 39.7 Å². The van der Waals surface area contributed by atoms with Crippen LogP contribution < -0.4 is 5.32 Å². The molecule has 124 valence electrons. The predicted octanol–water partition coefficient (Wildman–Crippen LogP) is 3.06. The van der Waals surface area contributed by atoms with E-state index in [4.69, 9.17) is 0 Å². The number of hydrogen-bond donors (Lipinski definition) is 1. The second-order valence-corrected chi connectivity index (χ2v) is 6.51. The predicted molar refractivity (Wildman–Crippen MR) is 95.4 cm³/mol. The highest BCUT2D eigenvalue weighted by Crippen LogP contribution is 2.23. The molecule has 0 spiro atoms. The van der Waals surface area contributed by atoms with Crippen LogP contribution >= 0.6 is 0 Å². The molecule has 1 aromatic rings. The maximum absolute atomic E-state index is 3.46. The van der Waals surface area contributed by atoms with Gasteiger partial charge in [0.2, 0.25) is 0 Å². The van der Waals surface area contributed by atoms with Crippen LogP contribution in [0.15, 0.2) is 24.3 Å². The van der Waals surface area contributed by atoms with Gasteiger partial charge in [0.05, 0.1) is 0 Å². The highest BCUT2D eigenvalue weighted by Gasteiger charge is 2.23. The molecule has 0 radical (unpaired) electrons. The molecule has 0 bridgehead atoms. The number of nitrogens with zero attached hydrogens (tertiary/aromatic N) is 2. The Bertz CT molecular complexity index is 403. The minimum absolute atomic E-state index is 0.526. The van der Waals surface area contributed by atoms with Gasteiger partial charge in [0, 0.05) is 38.8 Å². The SMILES string of the molecule is CCCN(CCC)C(CN1CCNCC1)c1ccc(C)cc1. The van der Waals surface area contributed by atoms with E-state index in [-0.39, 0.29) is 0 Å². The van der Waals surface area contributed by atoms with Crippen molar-refractivity contribution in [1.29, 1.82) is 0 Å². The molecule has 22 heavy (non-hydrogen) atoms. The Balaban J connectivity index is 2.15. The van der Waals surface area contributed by atoms with Gasteiger partial charge >= 0.3 is 0 Å². The zero-order chi connectivity index (χ0) is 15.8. The third-order valence-corrected chi connectivity index (χ3v) is 4.57. The van der Waals surface area contributed by atoms with Crippen LogP contribution in [0.2, 0.25) is 0 Å². The first-order valence-corrected chi connectivity index (χ1v) is 8.98. The Morgan fingerprint density at radius 2 is 1.64 bits per heavy atom. The fourth-order valence-corrected chi connectivity index (χ4v) is 3.36. The van der Waals surface area contributed by atoms with Gasteiger partial charge in [-0.05, 0) is 38.4 Å². The quantitative estimate of drug-likeness (QED) is 0.796. The Labute approximate surface area is 136 Å². The Morgan fingerprint density at radius 3 is 2.18 bits per heavy atom. The third-order valence-electron chi connectivity index (χ3n) is 4.57. The van der Waals surface area contributed by atoms with Gasteiger partial charge in [-0.15, -0.1) is 0 Å². The first-order valence-electron chi connectivity index (χ1n) is 8.98. The standard InChI is InChI=1S/C19H33N3/c1-4-12-22(13-5-2)19(16-21-14-10-20-11-15-21)18-8-6-17(3)7-9-18/h6-9,19-20H,4-5,10-16H2,1-3H3. The van der Waals surface area contributed by atoms with Crippen LogP contribution in [0.4, 0.5) is 0 Å². The molecule has 0 saturated carbocycles. The van der Waals surface area contributed by atoms with E-state index in [1.165, 1.54) is 50.1 Å². The molecule has 1 saturated heterocycles. The number of nitrogens with one attached hydrogen (secondary N) is 1. The van der Waals surface area contributed by atoms with Gasteiger partial charge in [0.15, 0.2) is 0 Å².